The molecule has 1 aliphatic carbocycles. The van der Waals surface area contributed by atoms with Crippen molar-refractivity contribution in [3.05, 3.63) is 29.0 Å². The van der Waals surface area contributed by atoms with Crippen LogP contribution in [0, 0.1) is 0 Å². The second-order valence-electron chi connectivity index (χ2n) is 4.66. The molecule has 1 heterocycles. The normalized spacial score (nSPS) is 17.9. The van der Waals surface area contributed by atoms with E-state index >= 15 is 0 Å². The number of pyridine rings is 1. The van der Waals surface area contributed by atoms with Crippen LogP contribution >= 0.6 is 11.6 Å². The molecule has 1 aromatic rings. The van der Waals surface area contributed by atoms with Gasteiger partial charge in [-0.1, -0.05) is 36.9 Å². The number of hydrogen-bond acceptors (Lipinski definition) is 2. The predicted molar refractivity (Wildman–Crippen MR) is 67.6 cm³/mol. The van der Waals surface area contributed by atoms with E-state index in [9.17, 15) is 0 Å². The van der Waals surface area contributed by atoms with E-state index in [-0.39, 0.29) is 0 Å². The highest BCUT2D eigenvalue weighted by Crippen LogP contribution is 2.23. The molecule has 1 aliphatic rings. The van der Waals surface area contributed by atoms with Gasteiger partial charge in [-0.2, -0.15) is 0 Å². The first-order chi connectivity index (χ1) is 7.77. The minimum Gasteiger partial charge on any atom is -0.299 e. The van der Waals surface area contributed by atoms with E-state index in [4.69, 9.17) is 11.6 Å². The van der Waals surface area contributed by atoms with Crippen LogP contribution in [0.3, 0.4) is 0 Å². The lowest BCUT2D eigenvalue weighted by atomic mass is 9.94. The molecule has 3 heteroatoms. The quantitative estimate of drug-likeness (QED) is 0.750. The summed E-state index contributed by atoms with van der Waals surface area (Å²) >= 11 is 6.07. The Hall–Kier alpha value is -0.600. The van der Waals surface area contributed by atoms with Crippen molar-refractivity contribution in [2.45, 2.75) is 44.7 Å². The van der Waals surface area contributed by atoms with Gasteiger partial charge in [0, 0.05) is 24.3 Å². The highest BCUT2D eigenvalue weighted by Gasteiger charge is 2.18. The third kappa shape index (κ3) is 2.96. The van der Waals surface area contributed by atoms with Crippen molar-refractivity contribution in [2.75, 3.05) is 7.05 Å². The number of rotatable bonds is 3. The smallest absolute Gasteiger partial charge is 0.133 e. The summed E-state index contributed by atoms with van der Waals surface area (Å²) in [6.07, 6.45) is 8.54. The second kappa shape index (κ2) is 5.65. The Bertz CT molecular complexity index is 334. The Labute approximate surface area is 103 Å². The molecular weight excluding hydrogens is 220 g/mol. The molecule has 1 fully saturated rings. The molecule has 0 atom stereocenters. The fourth-order valence-electron chi connectivity index (χ4n) is 2.46. The van der Waals surface area contributed by atoms with Gasteiger partial charge in [0.2, 0.25) is 0 Å². The average molecular weight is 239 g/mol. The van der Waals surface area contributed by atoms with Gasteiger partial charge < -0.3 is 0 Å². The topological polar surface area (TPSA) is 16.1 Å². The summed E-state index contributed by atoms with van der Waals surface area (Å²) in [6, 6.07) is 4.75. The van der Waals surface area contributed by atoms with Crippen LogP contribution in [0.1, 0.15) is 37.7 Å². The zero-order valence-electron chi connectivity index (χ0n) is 9.82. The molecule has 0 bridgehead atoms. The summed E-state index contributed by atoms with van der Waals surface area (Å²) in [6.45, 7) is 0.914. The first-order valence-electron chi connectivity index (χ1n) is 6.07. The van der Waals surface area contributed by atoms with Gasteiger partial charge in [0.05, 0.1) is 0 Å². The third-order valence-corrected chi connectivity index (χ3v) is 3.79. The van der Waals surface area contributed by atoms with Gasteiger partial charge in [0.25, 0.3) is 0 Å². The minimum atomic E-state index is 0.644. The highest BCUT2D eigenvalue weighted by molar-refractivity contribution is 6.30. The molecule has 0 saturated heterocycles. The lowest BCUT2D eigenvalue weighted by molar-refractivity contribution is 0.184. The molecular formula is C13H19ClN2. The molecule has 2 rings (SSSR count). The number of aromatic nitrogens is 1. The van der Waals surface area contributed by atoms with Crippen LogP contribution in [0.4, 0.5) is 0 Å². The van der Waals surface area contributed by atoms with E-state index in [1.165, 1.54) is 32.1 Å². The molecule has 16 heavy (non-hydrogen) atoms. The number of nitrogens with zero attached hydrogens (tertiary/aromatic N) is 2. The summed E-state index contributed by atoms with van der Waals surface area (Å²) in [5.41, 5.74) is 1.14. The maximum absolute atomic E-state index is 6.07. The Balaban J connectivity index is 1.96. The van der Waals surface area contributed by atoms with Crippen LogP contribution in [0.25, 0.3) is 0 Å². The van der Waals surface area contributed by atoms with Gasteiger partial charge in [-0.3, -0.25) is 4.90 Å². The molecule has 1 aromatic heterocycles. The van der Waals surface area contributed by atoms with Crippen molar-refractivity contribution in [3.8, 4) is 0 Å². The summed E-state index contributed by atoms with van der Waals surface area (Å²) in [5, 5.41) is 0.644. The molecule has 0 amide bonds. The Kier molecular flexibility index (Phi) is 4.19. The van der Waals surface area contributed by atoms with E-state index in [1.54, 1.807) is 6.20 Å². The summed E-state index contributed by atoms with van der Waals surface area (Å²) < 4.78 is 0. The molecule has 0 aliphatic heterocycles. The van der Waals surface area contributed by atoms with E-state index in [0.717, 1.165) is 18.2 Å². The van der Waals surface area contributed by atoms with Crippen LogP contribution in [-0.2, 0) is 6.54 Å². The fourth-order valence-corrected chi connectivity index (χ4v) is 2.64. The SMILES string of the molecule is CN(Cc1cccnc1Cl)C1CCCCC1. The minimum absolute atomic E-state index is 0.644. The zero-order valence-corrected chi connectivity index (χ0v) is 10.6. The molecule has 2 nitrogen and oxygen atoms in total. The lowest BCUT2D eigenvalue weighted by Gasteiger charge is -2.31. The zero-order chi connectivity index (χ0) is 11.4. The van der Waals surface area contributed by atoms with Crippen LogP contribution in [0.15, 0.2) is 18.3 Å². The number of halogens is 1. The molecule has 0 spiro atoms. The highest BCUT2D eigenvalue weighted by atomic mass is 35.5. The Morgan fingerprint density at radius 2 is 2.12 bits per heavy atom. The second-order valence-corrected chi connectivity index (χ2v) is 5.02. The average Bonchev–Trinajstić information content (AvgIpc) is 2.33. The molecule has 0 aromatic carbocycles. The summed E-state index contributed by atoms with van der Waals surface area (Å²) in [5.74, 6) is 0. The van der Waals surface area contributed by atoms with Gasteiger partial charge in [-0.25, -0.2) is 4.98 Å². The summed E-state index contributed by atoms with van der Waals surface area (Å²) in [4.78, 5) is 6.53. The first-order valence-corrected chi connectivity index (χ1v) is 6.45. The molecule has 0 unspecified atom stereocenters. The van der Waals surface area contributed by atoms with E-state index in [0.29, 0.717) is 5.15 Å². The van der Waals surface area contributed by atoms with Crippen LogP contribution < -0.4 is 0 Å². The van der Waals surface area contributed by atoms with Gasteiger partial charge in [-0.05, 0) is 26.0 Å². The van der Waals surface area contributed by atoms with Crippen LogP contribution in [0.2, 0.25) is 5.15 Å². The van der Waals surface area contributed by atoms with Crippen molar-refractivity contribution >= 4 is 11.6 Å². The van der Waals surface area contributed by atoms with Crippen molar-refractivity contribution in [2.24, 2.45) is 0 Å². The number of hydrogen-bond donors (Lipinski definition) is 0. The first kappa shape index (κ1) is 11.9. The predicted octanol–water partition coefficient (Wildman–Crippen LogP) is 3.50. The van der Waals surface area contributed by atoms with Gasteiger partial charge in [-0.15, -0.1) is 0 Å². The van der Waals surface area contributed by atoms with E-state index in [1.807, 2.05) is 6.07 Å². The van der Waals surface area contributed by atoms with Crippen LogP contribution in [0.5, 0.6) is 0 Å². The van der Waals surface area contributed by atoms with Crippen molar-refractivity contribution in [1.82, 2.24) is 9.88 Å². The molecule has 0 radical (unpaired) electrons. The third-order valence-electron chi connectivity index (χ3n) is 3.45. The largest absolute Gasteiger partial charge is 0.299 e. The lowest BCUT2D eigenvalue weighted by Crippen LogP contribution is -2.32. The molecule has 88 valence electrons. The fraction of sp³-hybridized carbons (Fsp3) is 0.615. The van der Waals surface area contributed by atoms with Gasteiger partial charge in [0.1, 0.15) is 5.15 Å². The maximum atomic E-state index is 6.07. The Morgan fingerprint density at radius 1 is 1.38 bits per heavy atom. The van der Waals surface area contributed by atoms with E-state index < -0.39 is 0 Å². The van der Waals surface area contributed by atoms with Crippen LogP contribution in [-0.4, -0.2) is 23.0 Å². The van der Waals surface area contributed by atoms with E-state index in [2.05, 4.69) is 23.0 Å². The Morgan fingerprint density at radius 3 is 2.81 bits per heavy atom. The molecule has 1 saturated carbocycles. The standard InChI is InChI=1S/C13H19ClN2/c1-16(12-7-3-2-4-8-12)10-11-6-5-9-15-13(11)14/h5-6,9,12H,2-4,7-8,10H2,1H3. The van der Waals surface area contributed by atoms with Crippen molar-refractivity contribution in [1.29, 1.82) is 0 Å². The van der Waals surface area contributed by atoms with Crippen molar-refractivity contribution in [3.63, 3.8) is 0 Å². The van der Waals surface area contributed by atoms with Crippen molar-refractivity contribution < 1.29 is 0 Å². The maximum Gasteiger partial charge on any atom is 0.133 e. The molecule has 0 N–H and O–H groups in total. The van der Waals surface area contributed by atoms with Gasteiger partial charge >= 0.3 is 0 Å². The van der Waals surface area contributed by atoms with Gasteiger partial charge in [0.15, 0.2) is 0 Å². The summed E-state index contributed by atoms with van der Waals surface area (Å²) in [7, 11) is 2.19. The monoisotopic (exact) mass is 238 g/mol.